The lowest BCUT2D eigenvalue weighted by atomic mass is 9.91. The van der Waals surface area contributed by atoms with E-state index in [-0.39, 0.29) is 24.3 Å². The van der Waals surface area contributed by atoms with Gasteiger partial charge in [0.15, 0.2) is 0 Å². The van der Waals surface area contributed by atoms with Gasteiger partial charge in [-0.1, -0.05) is 85.8 Å². The Labute approximate surface area is 267 Å². The van der Waals surface area contributed by atoms with Gasteiger partial charge in [-0.3, -0.25) is 9.59 Å². The highest BCUT2D eigenvalue weighted by Crippen LogP contribution is 2.32. The van der Waals surface area contributed by atoms with Crippen LogP contribution in [-0.2, 0) is 20.7 Å². The summed E-state index contributed by atoms with van der Waals surface area (Å²) in [6.45, 7) is 13.2. The summed E-state index contributed by atoms with van der Waals surface area (Å²) in [4.78, 5) is 44.0. The average molecular weight is 608 g/mol. The number of nitrogens with zero attached hydrogens (tertiary/aromatic N) is 1. The van der Waals surface area contributed by atoms with Gasteiger partial charge < -0.3 is 20.3 Å². The molecule has 0 heterocycles. The van der Waals surface area contributed by atoms with Crippen LogP contribution in [0.15, 0.2) is 91.0 Å². The predicted octanol–water partition coefficient (Wildman–Crippen LogP) is 7.90. The van der Waals surface area contributed by atoms with Crippen molar-refractivity contribution in [2.24, 2.45) is 0 Å². The summed E-state index contributed by atoms with van der Waals surface area (Å²) in [6.07, 6.45) is 0.142. The lowest BCUT2D eigenvalue weighted by molar-refractivity contribution is -0.143. The first kappa shape index (κ1) is 33.2. The van der Waals surface area contributed by atoms with Gasteiger partial charge in [-0.2, -0.15) is 0 Å². The lowest BCUT2D eigenvalue weighted by Gasteiger charge is -2.39. The minimum atomic E-state index is -0.975. The van der Waals surface area contributed by atoms with Gasteiger partial charge in [0.2, 0.25) is 5.91 Å². The second kappa shape index (κ2) is 14.4. The molecule has 0 spiro atoms. The maximum Gasteiger partial charge on any atom is 0.408 e. The van der Waals surface area contributed by atoms with Gasteiger partial charge in [-0.25, -0.2) is 4.79 Å². The Hall–Kier alpha value is -4.65. The van der Waals surface area contributed by atoms with Crippen LogP contribution < -0.4 is 10.6 Å². The van der Waals surface area contributed by atoms with Gasteiger partial charge >= 0.3 is 6.09 Å². The Kier molecular flexibility index (Phi) is 10.7. The lowest BCUT2D eigenvalue weighted by Crippen LogP contribution is -2.55. The number of hydrogen-bond donors (Lipinski definition) is 2. The predicted molar refractivity (Wildman–Crippen MR) is 181 cm³/mol. The number of fused-ring (bicyclic) bond motifs is 1. The molecule has 0 saturated heterocycles. The Morgan fingerprint density at radius 3 is 2.07 bits per heavy atom. The van der Waals surface area contributed by atoms with Crippen LogP contribution in [0.2, 0.25) is 0 Å². The molecule has 0 aliphatic rings. The number of amides is 3. The molecular formula is C38H45N3O4. The maximum atomic E-state index is 14.8. The number of aryl methyl sites for hydroxylation is 2. The molecule has 4 aromatic carbocycles. The molecular weight excluding hydrogens is 562 g/mol. The molecule has 7 heteroatoms. The standard InChI is InChI=1S/C38H45N3O4/c1-8-27(4)41(36(43)32(23-28-17-10-9-11-18-28)40-37(44)45-38(5,6)7)34(33-25(2)15-14-16-26(33)3)35(42)39-31-22-21-29-19-12-13-20-30(29)24-31/h9-22,24,27,32,34H,8,23H2,1-7H3,(H,39,42)(H,40,44). The zero-order valence-electron chi connectivity index (χ0n) is 27.4. The SMILES string of the molecule is CCC(C)N(C(=O)C(Cc1ccccc1)NC(=O)OC(C)(C)C)C(C(=O)Nc1ccc2ccccc2c1)c1c(C)cccc1C. The summed E-state index contributed by atoms with van der Waals surface area (Å²) < 4.78 is 5.57. The van der Waals surface area contributed by atoms with E-state index in [4.69, 9.17) is 4.74 Å². The number of ether oxygens (including phenoxy) is 1. The second-order valence-corrected chi connectivity index (χ2v) is 12.7. The third-order valence-corrected chi connectivity index (χ3v) is 7.95. The van der Waals surface area contributed by atoms with Gasteiger partial charge in [0.25, 0.3) is 5.91 Å². The van der Waals surface area contributed by atoms with E-state index in [1.807, 2.05) is 119 Å². The summed E-state index contributed by atoms with van der Waals surface area (Å²) >= 11 is 0. The van der Waals surface area contributed by atoms with Crippen molar-refractivity contribution in [3.05, 3.63) is 113 Å². The maximum absolute atomic E-state index is 14.8. The molecule has 3 atom stereocenters. The highest BCUT2D eigenvalue weighted by Gasteiger charge is 2.39. The molecule has 7 nitrogen and oxygen atoms in total. The summed E-state index contributed by atoms with van der Waals surface area (Å²) in [5, 5.41) is 8.02. The van der Waals surface area contributed by atoms with Gasteiger partial charge in [0.1, 0.15) is 17.7 Å². The van der Waals surface area contributed by atoms with E-state index >= 15 is 0 Å². The Morgan fingerprint density at radius 2 is 1.44 bits per heavy atom. The molecule has 4 rings (SSSR count). The highest BCUT2D eigenvalue weighted by molar-refractivity contribution is 6.01. The molecule has 3 amide bonds. The Morgan fingerprint density at radius 1 is 0.822 bits per heavy atom. The molecule has 0 aliphatic heterocycles. The highest BCUT2D eigenvalue weighted by atomic mass is 16.6. The molecule has 0 radical (unpaired) electrons. The summed E-state index contributed by atoms with van der Waals surface area (Å²) in [6, 6.07) is 26.9. The van der Waals surface area contributed by atoms with Crippen LogP contribution in [0.4, 0.5) is 10.5 Å². The zero-order valence-corrected chi connectivity index (χ0v) is 27.4. The molecule has 45 heavy (non-hydrogen) atoms. The van der Waals surface area contributed by atoms with Crippen LogP contribution in [0.5, 0.6) is 0 Å². The van der Waals surface area contributed by atoms with Crippen LogP contribution in [0.1, 0.15) is 69.3 Å². The van der Waals surface area contributed by atoms with Crippen LogP contribution in [0.3, 0.4) is 0 Å². The third-order valence-electron chi connectivity index (χ3n) is 7.95. The molecule has 0 saturated carbocycles. The second-order valence-electron chi connectivity index (χ2n) is 12.7. The van der Waals surface area contributed by atoms with Gasteiger partial charge in [-0.15, -0.1) is 0 Å². The van der Waals surface area contributed by atoms with Crippen molar-refractivity contribution in [2.75, 3.05) is 5.32 Å². The van der Waals surface area contributed by atoms with E-state index < -0.39 is 23.8 Å². The number of alkyl carbamates (subject to hydrolysis) is 1. The van der Waals surface area contributed by atoms with Crippen molar-refractivity contribution in [3.8, 4) is 0 Å². The number of benzene rings is 4. The van der Waals surface area contributed by atoms with E-state index in [0.717, 1.165) is 33.0 Å². The van der Waals surface area contributed by atoms with Gasteiger partial charge in [0.05, 0.1) is 0 Å². The fourth-order valence-electron chi connectivity index (χ4n) is 5.61. The molecule has 4 aromatic rings. The third kappa shape index (κ3) is 8.50. The van der Waals surface area contributed by atoms with E-state index in [0.29, 0.717) is 12.1 Å². The first-order valence-electron chi connectivity index (χ1n) is 15.6. The van der Waals surface area contributed by atoms with Crippen molar-refractivity contribution < 1.29 is 19.1 Å². The molecule has 0 fully saturated rings. The number of nitrogens with one attached hydrogen (secondary N) is 2. The summed E-state index contributed by atoms with van der Waals surface area (Å²) in [7, 11) is 0. The number of anilines is 1. The number of carbonyl (C=O) groups is 3. The van der Waals surface area contributed by atoms with Crippen LogP contribution in [0, 0.1) is 13.8 Å². The van der Waals surface area contributed by atoms with Crippen molar-refractivity contribution in [1.29, 1.82) is 0 Å². The van der Waals surface area contributed by atoms with Crippen LogP contribution in [0.25, 0.3) is 10.8 Å². The fraction of sp³-hybridized carbons (Fsp3) is 0.342. The largest absolute Gasteiger partial charge is 0.444 e. The van der Waals surface area contributed by atoms with E-state index in [2.05, 4.69) is 10.6 Å². The normalized spacial score (nSPS) is 13.4. The minimum Gasteiger partial charge on any atom is -0.444 e. The van der Waals surface area contributed by atoms with Gasteiger partial charge in [0, 0.05) is 18.2 Å². The summed E-state index contributed by atoms with van der Waals surface area (Å²) in [5.74, 6) is -0.688. The Bertz CT molecular complexity index is 1620. The van der Waals surface area contributed by atoms with Crippen LogP contribution >= 0.6 is 0 Å². The molecule has 3 unspecified atom stereocenters. The monoisotopic (exact) mass is 607 g/mol. The molecule has 0 bridgehead atoms. The molecule has 2 N–H and O–H groups in total. The van der Waals surface area contributed by atoms with E-state index in [1.165, 1.54) is 0 Å². The molecule has 0 aromatic heterocycles. The summed E-state index contributed by atoms with van der Waals surface area (Å²) in [5.41, 5.74) is 3.32. The smallest absolute Gasteiger partial charge is 0.408 e. The average Bonchev–Trinajstić information content (AvgIpc) is 2.99. The van der Waals surface area contributed by atoms with Gasteiger partial charge in [-0.05, 0) is 93.1 Å². The van der Waals surface area contributed by atoms with Crippen molar-refractivity contribution in [1.82, 2.24) is 10.2 Å². The zero-order chi connectivity index (χ0) is 32.7. The number of rotatable bonds is 10. The van der Waals surface area contributed by atoms with E-state index in [9.17, 15) is 14.4 Å². The minimum absolute atomic E-state index is 0.234. The van der Waals surface area contributed by atoms with Crippen molar-refractivity contribution in [2.45, 2.75) is 85.0 Å². The first-order valence-corrected chi connectivity index (χ1v) is 15.6. The van der Waals surface area contributed by atoms with Crippen molar-refractivity contribution in [3.63, 3.8) is 0 Å². The van der Waals surface area contributed by atoms with E-state index in [1.54, 1.807) is 25.7 Å². The number of hydrogen-bond acceptors (Lipinski definition) is 4. The first-order chi connectivity index (χ1) is 21.4. The topological polar surface area (TPSA) is 87.7 Å². The Balaban J connectivity index is 1.80. The quantitative estimate of drug-likeness (QED) is 0.192. The van der Waals surface area contributed by atoms with Crippen LogP contribution in [-0.4, -0.2) is 40.5 Å². The fourth-order valence-corrected chi connectivity index (χ4v) is 5.61. The molecule has 0 aliphatic carbocycles. The molecule has 236 valence electrons. The number of carbonyl (C=O) groups excluding carboxylic acids is 3. The van der Waals surface area contributed by atoms with Crippen molar-refractivity contribution >= 4 is 34.4 Å².